The van der Waals surface area contributed by atoms with Crippen LogP contribution in [0.3, 0.4) is 0 Å². The van der Waals surface area contributed by atoms with Gasteiger partial charge >= 0.3 is 353 Å². The molecule has 0 aromatic rings. The molecule has 12 nitrogen and oxygen atoms in total. The van der Waals surface area contributed by atoms with Crippen molar-refractivity contribution >= 4 is 23.5 Å². The van der Waals surface area contributed by atoms with E-state index in [4.69, 9.17) is 57.7 Å². The van der Waals surface area contributed by atoms with Crippen molar-refractivity contribution in [1.82, 2.24) is 0 Å². The quantitative estimate of drug-likeness (QED) is 0.199. The van der Waals surface area contributed by atoms with Crippen molar-refractivity contribution in [3.8, 4) is 0 Å². The second-order valence-electron chi connectivity index (χ2n) is 1.34. The van der Waals surface area contributed by atoms with Crippen LogP contribution >= 0.6 is 23.5 Å². The molecule has 0 fully saturated rings. The fraction of sp³-hybridized carbons (Fsp3) is 0. The predicted molar refractivity (Wildman–Crippen MR) is 22.8 cm³/mol. The molecule has 0 rings (SSSR count). The van der Waals surface area contributed by atoms with E-state index in [9.17, 15) is 0 Å². The molecule has 0 aliphatic rings. The standard InChI is InChI=1S/4K.5Na.3H3O4P/c;;;;;;;;;3*1-5(2,3)4/h;;;;;;;;;3*(H3,1,2,3,4)/q9*+1;;;/p-9. The van der Waals surface area contributed by atoms with Gasteiger partial charge in [0.25, 0.3) is 0 Å². The predicted octanol–water partition coefficient (Wildman–Crippen LogP) is -35.4. The number of rotatable bonds is 0. The second-order valence-corrected chi connectivity index (χ2v) is 4.02. The Morgan fingerprint density at radius 2 is 0.333 bits per heavy atom. The van der Waals surface area contributed by atoms with Gasteiger partial charge in [-0.3, -0.25) is 0 Å². The van der Waals surface area contributed by atoms with Crippen LogP contribution in [-0.4, -0.2) is 0 Å². The van der Waals surface area contributed by atoms with Crippen LogP contribution in [0.5, 0.6) is 0 Å². The fourth-order valence-corrected chi connectivity index (χ4v) is 0. The molecule has 24 heteroatoms. The van der Waals surface area contributed by atoms with Crippen LogP contribution in [-0.2, 0) is 13.7 Å². The van der Waals surface area contributed by atoms with Crippen LogP contribution in [0.4, 0.5) is 0 Å². The van der Waals surface area contributed by atoms with Gasteiger partial charge in [0.2, 0.25) is 0 Å². The minimum absolute atomic E-state index is 0. The molecule has 0 saturated heterocycles. The van der Waals surface area contributed by atoms with E-state index in [1.54, 1.807) is 0 Å². The van der Waals surface area contributed by atoms with Crippen molar-refractivity contribution in [2.45, 2.75) is 0 Å². The van der Waals surface area contributed by atoms with E-state index >= 15 is 0 Å². The van der Waals surface area contributed by atoms with Crippen molar-refractivity contribution in [2.24, 2.45) is 0 Å². The number of hydrogen-bond acceptors (Lipinski definition) is 12. The first-order chi connectivity index (χ1) is 6.00. The minimum atomic E-state index is -5.39. The molecule has 0 amide bonds. The van der Waals surface area contributed by atoms with Crippen molar-refractivity contribution in [1.29, 1.82) is 0 Å². The molecule has 0 radical (unpaired) electrons. The van der Waals surface area contributed by atoms with Crippen molar-refractivity contribution in [3.63, 3.8) is 0 Å². The maximum absolute atomic E-state index is 8.55. The summed E-state index contributed by atoms with van der Waals surface area (Å²) >= 11 is 0. The van der Waals surface area contributed by atoms with Crippen molar-refractivity contribution < 1.29 is 411 Å². The van der Waals surface area contributed by atoms with Crippen molar-refractivity contribution in [2.75, 3.05) is 0 Å². The first-order valence-corrected chi connectivity index (χ1v) is 6.57. The summed E-state index contributed by atoms with van der Waals surface area (Å²) in [6.07, 6.45) is 0. The van der Waals surface area contributed by atoms with E-state index < -0.39 is 23.5 Å². The van der Waals surface area contributed by atoms with Crippen LogP contribution < -0.4 is 397 Å². The third kappa shape index (κ3) is 260. The average Bonchev–Trinajstić information content (AvgIpc) is 1.41. The molecule has 96 valence electrons. The molecule has 0 spiro atoms. The van der Waals surface area contributed by atoms with Gasteiger partial charge in [0.1, 0.15) is 0 Å². The molecular formula is K4Na5O12P3. The first kappa shape index (κ1) is 76.5. The van der Waals surface area contributed by atoms with Gasteiger partial charge in [0, 0.05) is 0 Å². The maximum Gasteiger partial charge on any atom is 1.00 e. The Balaban J connectivity index is -0.00000000758. The maximum atomic E-state index is 8.55. The van der Waals surface area contributed by atoms with E-state index in [-0.39, 0.29) is 353 Å². The van der Waals surface area contributed by atoms with Gasteiger partial charge in [0.05, 0.1) is 0 Å². The summed E-state index contributed by atoms with van der Waals surface area (Å²) < 4.78 is 25.6. The normalized spacial score (nSPS) is 7.38. The second kappa shape index (κ2) is 44.8. The Labute approximate surface area is 420 Å². The third-order valence-corrected chi connectivity index (χ3v) is 0. The fourth-order valence-electron chi connectivity index (χ4n) is 0. The zero-order valence-corrected chi connectivity index (χ0v) is 40.4. The smallest absolute Gasteiger partial charge is 0.822 e. The molecule has 0 aliphatic carbocycles. The molecule has 0 bridgehead atoms. The monoisotopic (exact) mass is 556 g/mol. The zero-order valence-electron chi connectivity index (χ0n) is 15.2. The Morgan fingerprint density at radius 1 is 0.333 bits per heavy atom. The number of phosphoric acid groups is 3. The molecule has 24 heavy (non-hydrogen) atoms. The van der Waals surface area contributed by atoms with E-state index in [1.807, 2.05) is 0 Å². The van der Waals surface area contributed by atoms with Gasteiger partial charge in [-0.25, -0.2) is 0 Å². The summed E-state index contributed by atoms with van der Waals surface area (Å²) in [5.74, 6) is 0. The molecule has 0 N–H and O–H groups in total. The zero-order chi connectivity index (χ0) is 13.5. The molecule has 0 saturated carbocycles. The molecule has 0 unspecified atom stereocenters. The van der Waals surface area contributed by atoms with E-state index in [0.717, 1.165) is 0 Å². The topological polar surface area (TPSA) is 259 Å². The Kier molecular flexibility index (Phi) is 143. The van der Waals surface area contributed by atoms with Crippen LogP contribution in [0.2, 0.25) is 0 Å². The first-order valence-electron chi connectivity index (χ1n) is 2.19. The number of hydrogen-bond donors (Lipinski definition) is 0. The van der Waals surface area contributed by atoms with Gasteiger partial charge < -0.3 is 57.7 Å². The minimum Gasteiger partial charge on any atom is -0.822 e. The van der Waals surface area contributed by atoms with Gasteiger partial charge in [-0.15, -0.1) is 0 Å². The van der Waals surface area contributed by atoms with Gasteiger partial charge in [-0.1, -0.05) is 0 Å². The molecule has 0 heterocycles. The molecule has 0 aromatic carbocycles. The molecule has 0 atom stereocenters. The molecule has 0 aliphatic heterocycles. The van der Waals surface area contributed by atoms with E-state index in [0.29, 0.717) is 0 Å². The average molecular weight is 556 g/mol. The van der Waals surface area contributed by atoms with Gasteiger partial charge in [0.15, 0.2) is 0 Å². The SMILES string of the molecule is O=P([O-])([O-])[O-].O=P([O-])([O-])[O-].O=P([O-])([O-])[O-].[K+].[K+].[K+].[K+].[Na+].[Na+].[Na+].[Na+].[Na+]. The third-order valence-electron chi connectivity index (χ3n) is 0. The largest absolute Gasteiger partial charge is 1.00 e. The van der Waals surface area contributed by atoms with E-state index in [2.05, 4.69) is 0 Å². The Bertz CT molecular complexity index is 229. The Morgan fingerprint density at radius 3 is 0.333 bits per heavy atom. The summed E-state index contributed by atoms with van der Waals surface area (Å²) in [6.45, 7) is 0. The summed E-state index contributed by atoms with van der Waals surface area (Å²) in [7, 11) is -16.2. The molecule has 0 aromatic heterocycles. The van der Waals surface area contributed by atoms with Crippen molar-refractivity contribution in [3.05, 3.63) is 0 Å². The van der Waals surface area contributed by atoms with Crippen LogP contribution in [0.15, 0.2) is 0 Å². The van der Waals surface area contributed by atoms with Crippen LogP contribution in [0.25, 0.3) is 0 Å². The summed E-state index contributed by atoms with van der Waals surface area (Å²) in [5.41, 5.74) is 0. The summed E-state index contributed by atoms with van der Waals surface area (Å²) in [5, 5.41) is 0. The summed E-state index contributed by atoms with van der Waals surface area (Å²) in [6, 6.07) is 0. The molecular weight excluding hydrogens is 556 g/mol. The van der Waals surface area contributed by atoms with Gasteiger partial charge in [-0.05, 0) is 0 Å². The van der Waals surface area contributed by atoms with E-state index in [1.165, 1.54) is 0 Å². The van der Waals surface area contributed by atoms with Gasteiger partial charge in [-0.2, -0.15) is 23.5 Å². The van der Waals surface area contributed by atoms with Crippen LogP contribution in [0.1, 0.15) is 0 Å². The Hall–Kier alpha value is 11.9. The summed E-state index contributed by atoms with van der Waals surface area (Å²) in [4.78, 5) is 76.9. The van der Waals surface area contributed by atoms with Crippen LogP contribution in [0, 0.1) is 0 Å².